The summed E-state index contributed by atoms with van der Waals surface area (Å²) in [5.74, 6) is 0.403. The lowest BCUT2D eigenvalue weighted by Crippen LogP contribution is -2.28. The summed E-state index contributed by atoms with van der Waals surface area (Å²) >= 11 is 1.34. The number of hydrogen-bond donors (Lipinski definition) is 0. The van der Waals surface area contributed by atoms with E-state index < -0.39 is 6.29 Å². The largest absolute Gasteiger partial charge is 0.586 e. The van der Waals surface area contributed by atoms with Crippen LogP contribution in [0.3, 0.4) is 0 Å². The van der Waals surface area contributed by atoms with Crippen molar-refractivity contribution >= 4 is 17.4 Å². The van der Waals surface area contributed by atoms with Crippen LogP contribution in [0.5, 0.6) is 11.5 Å². The van der Waals surface area contributed by atoms with Crippen LogP contribution in [-0.4, -0.2) is 35.4 Å². The molecular weight excluding hydrogens is 376 g/mol. The third kappa shape index (κ3) is 4.47. The molecule has 1 aromatic carbocycles. The number of carbonyl (C=O) groups is 1. The molecule has 0 aliphatic carbocycles. The molecule has 0 spiro atoms. The van der Waals surface area contributed by atoms with Crippen molar-refractivity contribution in [1.29, 1.82) is 0 Å². The van der Waals surface area contributed by atoms with E-state index in [1.807, 2.05) is 6.92 Å². The van der Waals surface area contributed by atoms with Crippen LogP contribution in [-0.2, 0) is 0 Å². The normalized spacial score (nSPS) is 15.4. The second-order valence-electron chi connectivity index (χ2n) is 6.79. The Morgan fingerprint density at radius 1 is 1.33 bits per heavy atom. The average Bonchev–Trinajstić information content (AvgIpc) is 3.09. The Labute approximate surface area is 159 Å². The molecule has 0 fully saturated rings. The maximum atomic E-state index is 13.2. The fourth-order valence-electron chi connectivity index (χ4n) is 2.52. The number of ether oxygens (including phenoxy) is 2. The number of thiazole rings is 1. The number of rotatable bonds is 4. The summed E-state index contributed by atoms with van der Waals surface area (Å²) in [5.41, 5.74) is 0.552. The summed E-state index contributed by atoms with van der Waals surface area (Å²) in [6.07, 6.45) is -0.989. The van der Waals surface area contributed by atoms with E-state index in [1.165, 1.54) is 23.5 Å². The van der Waals surface area contributed by atoms with Crippen molar-refractivity contribution in [3.05, 3.63) is 34.1 Å². The van der Waals surface area contributed by atoms with Crippen molar-refractivity contribution in [2.75, 3.05) is 13.6 Å². The molecule has 1 aliphatic rings. The van der Waals surface area contributed by atoms with Crippen LogP contribution in [0.25, 0.3) is 5.69 Å². The molecule has 0 saturated heterocycles. The minimum Gasteiger partial charge on any atom is -0.395 e. The molecular formula is C18H21F2N3O3S. The molecule has 6 nitrogen and oxygen atoms in total. The van der Waals surface area contributed by atoms with Gasteiger partial charge in [-0.05, 0) is 31.4 Å². The quantitative estimate of drug-likeness (QED) is 0.778. The Morgan fingerprint density at radius 3 is 2.74 bits per heavy atom. The molecule has 0 unspecified atom stereocenters. The highest BCUT2D eigenvalue weighted by atomic mass is 32.1. The van der Waals surface area contributed by atoms with Crippen molar-refractivity contribution in [1.82, 2.24) is 9.47 Å². The zero-order valence-corrected chi connectivity index (χ0v) is 16.3. The van der Waals surface area contributed by atoms with Crippen LogP contribution in [0.2, 0.25) is 0 Å². The van der Waals surface area contributed by atoms with E-state index in [0.29, 0.717) is 23.0 Å². The van der Waals surface area contributed by atoms with Gasteiger partial charge in [0.1, 0.15) is 0 Å². The first-order valence-corrected chi connectivity index (χ1v) is 9.35. The molecule has 2 heterocycles. The highest BCUT2D eigenvalue weighted by molar-refractivity contribution is 7.09. The Morgan fingerprint density at radius 2 is 2.04 bits per heavy atom. The van der Waals surface area contributed by atoms with Gasteiger partial charge in [-0.3, -0.25) is 4.57 Å². The van der Waals surface area contributed by atoms with Crippen molar-refractivity contribution in [3.8, 4) is 17.2 Å². The topological polar surface area (TPSA) is 56.1 Å². The number of benzene rings is 1. The SMILES string of the molecule is Cc1cn(-c2ccc3c(c2)OC(F)(F)O3)c(=NC(=O)N(C)CCC(C)C)s1. The molecule has 0 bridgehead atoms. The monoisotopic (exact) mass is 397 g/mol. The number of urea groups is 1. The number of hydrogen-bond acceptors (Lipinski definition) is 4. The van der Waals surface area contributed by atoms with E-state index in [-0.39, 0.29) is 17.5 Å². The molecule has 0 saturated carbocycles. The van der Waals surface area contributed by atoms with E-state index in [9.17, 15) is 13.6 Å². The van der Waals surface area contributed by atoms with Gasteiger partial charge in [-0.25, -0.2) is 4.79 Å². The van der Waals surface area contributed by atoms with Crippen molar-refractivity contribution in [3.63, 3.8) is 0 Å². The van der Waals surface area contributed by atoms with Gasteiger partial charge in [0.15, 0.2) is 16.3 Å². The first-order valence-electron chi connectivity index (χ1n) is 8.54. The highest BCUT2D eigenvalue weighted by Gasteiger charge is 2.43. The predicted octanol–water partition coefficient (Wildman–Crippen LogP) is 4.17. The standard InChI is InChI=1S/C18H21F2N3O3S/c1-11(2)7-8-22(4)16(24)21-17-23(10-12(3)27-17)13-5-6-14-15(9-13)26-18(19,20)25-14/h5-6,9-11H,7-8H2,1-4H3. The van der Waals surface area contributed by atoms with Gasteiger partial charge in [-0.2, -0.15) is 4.99 Å². The summed E-state index contributed by atoms with van der Waals surface area (Å²) in [6.45, 7) is 6.68. The Bertz CT molecular complexity index is 921. The molecule has 2 aromatic rings. The summed E-state index contributed by atoms with van der Waals surface area (Å²) in [7, 11) is 1.71. The van der Waals surface area contributed by atoms with Gasteiger partial charge >= 0.3 is 12.3 Å². The summed E-state index contributed by atoms with van der Waals surface area (Å²) in [4.78, 5) is 19.6. The smallest absolute Gasteiger partial charge is 0.395 e. The maximum Gasteiger partial charge on any atom is 0.586 e. The zero-order chi connectivity index (χ0) is 19.8. The number of nitrogens with zero attached hydrogens (tertiary/aromatic N) is 3. The Hall–Kier alpha value is -2.42. The molecule has 0 atom stereocenters. The van der Waals surface area contributed by atoms with Crippen molar-refractivity contribution in [2.24, 2.45) is 10.9 Å². The average molecular weight is 397 g/mol. The molecule has 27 heavy (non-hydrogen) atoms. The lowest BCUT2D eigenvalue weighted by Gasteiger charge is -2.15. The predicted molar refractivity (Wildman–Crippen MR) is 97.6 cm³/mol. The van der Waals surface area contributed by atoms with Crippen molar-refractivity contribution in [2.45, 2.75) is 33.5 Å². The van der Waals surface area contributed by atoms with Crippen LogP contribution < -0.4 is 14.3 Å². The third-order valence-corrected chi connectivity index (χ3v) is 4.89. The van der Waals surface area contributed by atoms with E-state index in [1.54, 1.807) is 28.8 Å². The van der Waals surface area contributed by atoms with Crippen LogP contribution in [0, 0.1) is 12.8 Å². The number of halogens is 2. The minimum atomic E-state index is -3.67. The van der Waals surface area contributed by atoms with E-state index >= 15 is 0 Å². The molecule has 2 amide bonds. The van der Waals surface area contributed by atoms with Crippen molar-refractivity contribution < 1.29 is 23.0 Å². The summed E-state index contributed by atoms with van der Waals surface area (Å²) in [6, 6.07) is 4.11. The Balaban J connectivity index is 1.90. The molecule has 9 heteroatoms. The van der Waals surface area contributed by atoms with Crippen LogP contribution in [0.4, 0.5) is 13.6 Å². The van der Waals surface area contributed by atoms with E-state index in [2.05, 4.69) is 28.3 Å². The summed E-state index contributed by atoms with van der Waals surface area (Å²) in [5, 5.41) is 0. The second kappa shape index (κ2) is 7.30. The number of fused-ring (bicyclic) bond motifs is 1. The number of amides is 2. The fourth-order valence-corrected chi connectivity index (χ4v) is 3.35. The first kappa shape index (κ1) is 19.3. The molecule has 1 aromatic heterocycles. The van der Waals surface area contributed by atoms with Gasteiger partial charge in [0.2, 0.25) is 0 Å². The van der Waals surface area contributed by atoms with Gasteiger partial charge in [0.25, 0.3) is 0 Å². The molecule has 0 N–H and O–H groups in total. The van der Waals surface area contributed by atoms with E-state index in [4.69, 9.17) is 0 Å². The Kier molecular flexibility index (Phi) is 5.23. The fraction of sp³-hybridized carbons (Fsp3) is 0.444. The number of aryl methyl sites for hydroxylation is 1. The van der Waals surface area contributed by atoms with Crippen LogP contribution >= 0.6 is 11.3 Å². The third-order valence-electron chi connectivity index (χ3n) is 3.99. The summed E-state index contributed by atoms with van der Waals surface area (Å²) < 4.78 is 37.1. The number of aromatic nitrogens is 1. The second-order valence-corrected chi connectivity index (χ2v) is 8.00. The van der Waals surface area contributed by atoms with Gasteiger partial charge in [-0.1, -0.05) is 13.8 Å². The maximum absolute atomic E-state index is 13.2. The molecule has 3 rings (SSSR count). The lowest BCUT2D eigenvalue weighted by molar-refractivity contribution is -0.286. The van der Waals surface area contributed by atoms with Gasteiger partial charge in [0, 0.05) is 30.7 Å². The number of carbonyl (C=O) groups excluding carboxylic acids is 1. The van der Waals surface area contributed by atoms with Gasteiger partial charge in [-0.15, -0.1) is 20.1 Å². The zero-order valence-electron chi connectivity index (χ0n) is 15.5. The number of alkyl halides is 2. The highest BCUT2D eigenvalue weighted by Crippen LogP contribution is 2.41. The molecule has 146 valence electrons. The molecule has 1 aliphatic heterocycles. The minimum absolute atomic E-state index is 0.0284. The van der Waals surface area contributed by atoms with Gasteiger partial charge in [0.05, 0.1) is 5.69 Å². The van der Waals surface area contributed by atoms with E-state index in [0.717, 1.165) is 11.3 Å². The van der Waals surface area contributed by atoms with Crippen LogP contribution in [0.1, 0.15) is 25.1 Å². The lowest BCUT2D eigenvalue weighted by atomic mass is 10.1. The first-order chi connectivity index (χ1) is 12.6. The van der Waals surface area contributed by atoms with Gasteiger partial charge < -0.3 is 14.4 Å². The van der Waals surface area contributed by atoms with Crippen LogP contribution in [0.15, 0.2) is 29.4 Å². The molecule has 0 radical (unpaired) electrons.